The van der Waals surface area contributed by atoms with Crippen LogP contribution in [-0.4, -0.2) is 33.3 Å². The van der Waals surface area contributed by atoms with Crippen molar-refractivity contribution in [3.63, 3.8) is 0 Å². The molecule has 0 aliphatic heterocycles. The van der Waals surface area contributed by atoms with Gasteiger partial charge in [0.1, 0.15) is 12.0 Å². The molecule has 0 bridgehead atoms. The maximum Gasteiger partial charge on any atom is 0.231 e. The maximum atomic E-state index is 6.03. The topological polar surface area (TPSA) is 100.0 Å². The van der Waals surface area contributed by atoms with E-state index in [2.05, 4.69) is 20.1 Å². The number of rotatable bonds is 3. The Morgan fingerprint density at radius 2 is 2.26 bits per heavy atom. The molecule has 0 spiro atoms. The Balaban J connectivity index is 1.88. The van der Waals surface area contributed by atoms with E-state index < -0.39 is 0 Å². The first-order valence-corrected chi connectivity index (χ1v) is 6.23. The highest BCUT2D eigenvalue weighted by molar-refractivity contribution is 5.49. The first-order valence-electron chi connectivity index (χ1n) is 6.23. The van der Waals surface area contributed by atoms with Crippen molar-refractivity contribution in [2.45, 2.75) is 31.2 Å². The van der Waals surface area contributed by atoms with Crippen LogP contribution < -0.4 is 10.5 Å². The zero-order valence-corrected chi connectivity index (χ0v) is 10.6. The van der Waals surface area contributed by atoms with Crippen molar-refractivity contribution in [1.29, 1.82) is 0 Å². The van der Waals surface area contributed by atoms with Crippen molar-refractivity contribution < 1.29 is 9.26 Å². The van der Waals surface area contributed by atoms with Gasteiger partial charge in [-0.15, -0.1) is 0 Å². The van der Waals surface area contributed by atoms with Crippen LogP contribution in [0.3, 0.4) is 0 Å². The highest BCUT2D eigenvalue weighted by atomic mass is 16.5. The second-order valence-electron chi connectivity index (χ2n) is 4.60. The Labute approximate surface area is 110 Å². The molecule has 0 saturated heterocycles. The molecule has 19 heavy (non-hydrogen) atoms. The zero-order valence-electron chi connectivity index (χ0n) is 10.6. The van der Waals surface area contributed by atoms with Gasteiger partial charge in [-0.3, -0.25) is 0 Å². The molecule has 1 aliphatic carbocycles. The molecule has 2 N–H and O–H groups in total. The Hall–Kier alpha value is -2.02. The number of methoxy groups -OCH3 is 1. The van der Waals surface area contributed by atoms with Crippen molar-refractivity contribution in [2.75, 3.05) is 7.11 Å². The van der Waals surface area contributed by atoms with E-state index >= 15 is 0 Å². The molecule has 2 aromatic heterocycles. The van der Waals surface area contributed by atoms with Gasteiger partial charge in [0, 0.05) is 12.1 Å². The number of hydrogen-bond donors (Lipinski definition) is 1. The summed E-state index contributed by atoms with van der Waals surface area (Å²) >= 11 is 0. The number of ether oxygens (including phenoxy) is 1. The fourth-order valence-electron chi connectivity index (χ4n) is 2.36. The molecule has 3 rings (SSSR count). The van der Waals surface area contributed by atoms with E-state index in [-0.39, 0.29) is 12.0 Å². The van der Waals surface area contributed by atoms with Crippen LogP contribution in [0, 0.1) is 0 Å². The predicted molar refractivity (Wildman–Crippen MR) is 66.4 cm³/mol. The molecule has 2 atom stereocenters. The highest BCUT2D eigenvalue weighted by Crippen LogP contribution is 2.33. The zero-order chi connectivity index (χ0) is 13.2. The standard InChI is InChI=1S/C12H15N5O2/c1-18-10-5-9(14-6-15-10)11-16-12(19-17-11)7-3-2-4-8(7)13/h5-8H,2-4,13H2,1H3. The van der Waals surface area contributed by atoms with Gasteiger partial charge in [0.15, 0.2) is 0 Å². The fraction of sp³-hybridized carbons (Fsp3) is 0.500. The van der Waals surface area contributed by atoms with Crippen molar-refractivity contribution in [2.24, 2.45) is 5.73 Å². The van der Waals surface area contributed by atoms with Gasteiger partial charge in [0.2, 0.25) is 17.6 Å². The van der Waals surface area contributed by atoms with Crippen LogP contribution in [0.2, 0.25) is 0 Å². The lowest BCUT2D eigenvalue weighted by Crippen LogP contribution is -2.22. The van der Waals surface area contributed by atoms with E-state index in [1.165, 1.54) is 6.33 Å². The molecular weight excluding hydrogens is 246 g/mol. The average molecular weight is 261 g/mol. The smallest absolute Gasteiger partial charge is 0.231 e. The number of aromatic nitrogens is 4. The summed E-state index contributed by atoms with van der Waals surface area (Å²) in [7, 11) is 1.55. The second-order valence-corrected chi connectivity index (χ2v) is 4.60. The highest BCUT2D eigenvalue weighted by Gasteiger charge is 2.30. The van der Waals surface area contributed by atoms with Gasteiger partial charge in [-0.1, -0.05) is 11.6 Å². The number of nitrogens with two attached hydrogens (primary N) is 1. The number of nitrogens with zero attached hydrogens (tertiary/aromatic N) is 4. The maximum absolute atomic E-state index is 6.03. The van der Waals surface area contributed by atoms with E-state index in [1.54, 1.807) is 13.2 Å². The Kier molecular flexibility index (Phi) is 3.12. The van der Waals surface area contributed by atoms with Gasteiger partial charge >= 0.3 is 0 Å². The Morgan fingerprint density at radius 3 is 3.00 bits per heavy atom. The molecule has 1 aliphatic rings. The van der Waals surface area contributed by atoms with Gasteiger partial charge < -0.3 is 15.0 Å². The van der Waals surface area contributed by atoms with Gasteiger partial charge in [0.05, 0.1) is 13.0 Å². The summed E-state index contributed by atoms with van der Waals surface area (Å²) in [4.78, 5) is 12.4. The minimum absolute atomic E-state index is 0.105. The minimum atomic E-state index is 0.105. The average Bonchev–Trinajstić information content (AvgIpc) is 3.07. The molecule has 0 radical (unpaired) electrons. The summed E-state index contributed by atoms with van der Waals surface area (Å²) in [6.07, 6.45) is 4.51. The van der Waals surface area contributed by atoms with Gasteiger partial charge in [-0.25, -0.2) is 9.97 Å². The second kappa shape index (κ2) is 4.93. The lowest BCUT2D eigenvalue weighted by molar-refractivity contribution is 0.345. The van der Waals surface area contributed by atoms with Gasteiger partial charge in [0.25, 0.3) is 0 Å². The quantitative estimate of drug-likeness (QED) is 0.883. The third kappa shape index (κ3) is 2.28. The minimum Gasteiger partial charge on any atom is -0.481 e. The molecule has 2 heterocycles. The van der Waals surface area contributed by atoms with Crippen LogP contribution in [0.1, 0.15) is 31.1 Å². The Morgan fingerprint density at radius 1 is 1.37 bits per heavy atom. The first kappa shape index (κ1) is 12.0. The summed E-state index contributed by atoms with van der Waals surface area (Å²) in [5, 5.41) is 3.95. The third-order valence-corrected chi connectivity index (χ3v) is 3.41. The molecular formula is C12H15N5O2. The van der Waals surface area contributed by atoms with E-state index in [9.17, 15) is 0 Å². The lowest BCUT2D eigenvalue weighted by Gasteiger charge is -2.08. The molecule has 0 amide bonds. The molecule has 1 fully saturated rings. The summed E-state index contributed by atoms with van der Waals surface area (Å²) in [6.45, 7) is 0. The number of hydrogen-bond acceptors (Lipinski definition) is 7. The van der Waals surface area contributed by atoms with Crippen LogP contribution in [0.5, 0.6) is 5.88 Å². The summed E-state index contributed by atoms with van der Waals surface area (Å²) < 4.78 is 10.3. The van der Waals surface area contributed by atoms with Crippen LogP contribution >= 0.6 is 0 Å². The first-order chi connectivity index (χ1) is 9.28. The SMILES string of the molecule is COc1cc(-c2noc(C3CCCC3N)n2)ncn1. The molecule has 2 unspecified atom stereocenters. The predicted octanol–water partition coefficient (Wildman–Crippen LogP) is 1.13. The largest absolute Gasteiger partial charge is 0.481 e. The fourth-order valence-corrected chi connectivity index (χ4v) is 2.36. The summed E-state index contributed by atoms with van der Waals surface area (Å²) in [6, 6.07) is 1.77. The van der Waals surface area contributed by atoms with E-state index in [0.29, 0.717) is 23.3 Å². The normalized spacial score (nSPS) is 22.6. The van der Waals surface area contributed by atoms with Crippen molar-refractivity contribution in [1.82, 2.24) is 20.1 Å². The van der Waals surface area contributed by atoms with Gasteiger partial charge in [-0.2, -0.15) is 4.98 Å². The molecule has 1 saturated carbocycles. The lowest BCUT2D eigenvalue weighted by atomic mass is 10.1. The summed E-state index contributed by atoms with van der Waals surface area (Å²) in [5.74, 6) is 1.66. The van der Waals surface area contributed by atoms with Crippen molar-refractivity contribution in [3.8, 4) is 17.4 Å². The van der Waals surface area contributed by atoms with E-state index in [0.717, 1.165) is 19.3 Å². The molecule has 0 aromatic carbocycles. The third-order valence-electron chi connectivity index (χ3n) is 3.41. The van der Waals surface area contributed by atoms with Crippen LogP contribution in [0.4, 0.5) is 0 Å². The monoisotopic (exact) mass is 261 g/mol. The molecule has 100 valence electrons. The van der Waals surface area contributed by atoms with E-state index in [1.807, 2.05) is 0 Å². The van der Waals surface area contributed by atoms with Crippen LogP contribution in [0.25, 0.3) is 11.5 Å². The summed E-state index contributed by atoms with van der Waals surface area (Å²) in [5.41, 5.74) is 6.61. The van der Waals surface area contributed by atoms with Crippen molar-refractivity contribution >= 4 is 0 Å². The van der Waals surface area contributed by atoms with Crippen LogP contribution in [-0.2, 0) is 0 Å². The van der Waals surface area contributed by atoms with Crippen LogP contribution in [0.15, 0.2) is 16.9 Å². The molecule has 7 heteroatoms. The van der Waals surface area contributed by atoms with Gasteiger partial charge in [-0.05, 0) is 12.8 Å². The van der Waals surface area contributed by atoms with Crippen molar-refractivity contribution in [3.05, 3.63) is 18.3 Å². The van der Waals surface area contributed by atoms with E-state index in [4.69, 9.17) is 15.0 Å². The molecule has 2 aromatic rings. The Bertz CT molecular complexity index is 571. The molecule has 7 nitrogen and oxygen atoms in total.